The summed E-state index contributed by atoms with van der Waals surface area (Å²) in [5, 5.41) is 10.0. The van der Waals surface area contributed by atoms with E-state index in [1.54, 1.807) is 17.2 Å². The Morgan fingerprint density at radius 3 is 2.63 bits per heavy atom. The minimum atomic E-state index is -0.235. The van der Waals surface area contributed by atoms with Gasteiger partial charge in [0.15, 0.2) is 0 Å². The molecule has 1 aromatic carbocycles. The molecule has 0 unspecified atom stereocenters. The van der Waals surface area contributed by atoms with Gasteiger partial charge >= 0.3 is 0 Å². The van der Waals surface area contributed by atoms with Crippen molar-refractivity contribution in [3.8, 4) is 11.4 Å². The summed E-state index contributed by atoms with van der Waals surface area (Å²) in [7, 11) is 0. The summed E-state index contributed by atoms with van der Waals surface area (Å²) in [4.78, 5) is 31.8. The molecule has 3 aromatic rings. The SMILES string of the molecule is Cc1cc(C)cc(NC(=O)[C@H]2CCCN(C(=O)c3cc(-c4ccccn4)n[nH]3)C2)c1. The van der Waals surface area contributed by atoms with E-state index in [0.717, 1.165) is 29.7 Å². The van der Waals surface area contributed by atoms with Crippen LogP contribution >= 0.6 is 0 Å². The summed E-state index contributed by atoms with van der Waals surface area (Å²) < 4.78 is 0. The highest BCUT2D eigenvalue weighted by atomic mass is 16.2. The molecule has 0 bridgehead atoms. The quantitative estimate of drug-likeness (QED) is 0.697. The third-order valence-electron chi connectivity index (χ3n) is 5.30. The highest BCUT2D eigenvalue weighted by Crippen LogP contribution is 2.22. The summed E-state index contributed by atoms with van der Waals surface area (Å²) in [6.45, 7) is 5.04. The highest BCUT2D eigenvalue weighted by molar-refractivity contribution is 5.96. The summed E-state index contributed by atoms with van der Waals surface area (Å²) >= 11 is 0. The molecular weight excluding hydrogens is 378 g/mol. The van der Waals surface area contributed by atoms with Crippen molar-refractivity contribution >= 4 is 17.5 Å². The van der Waals surface area contributed by atoms with Gasteiger partial charge in [0.2, 0.25) is 5.91 Å². The average molecular weight is 403 g/mol. The lowest BCUT2D eigenvalue weighted by atomic mass is 9.96. The third kappa shape index (κ3) is 4.40. The highest BCUT2D eigenvalue weighted by Gasteiger charge is 2.30. The van der Waals surface area contributed by atoms with Crippen molar-refractivity contribution in [1.82, 2.24) is 20.1 Å². The van der Waals surface area contributed by atoms with Crippen molar-refractivity contribution in [2.45, 2.75) is 26.7 Å². The first-order chi connectivity index (χ1) is 14.5. The van der Waals surface area contributed by atoms with Gasteiger partial charge in [-0.25, -0.2) is 0 Å². The Bertz CT molecular complexity index is 1040. The fraction of sp³-hybridized carbons (Fsp3) is 0.304. The Labute approximate surface area is 175 Å². The predicted octanol–water partition coefficient (Wildman–Crippen LogP) is 3.58. The number of piperidine rings is 1. The lowest BCUT2D eigenvalue weighted by Gasteiger charge is -2.31. The van der Waals surface area contributed by atoms with Crippen LogP contribution in [-0.4, -0.2) is 45.0 Å². The molecule has 30 heavy (non-hydrogen) atoms. The van der Waals surface area contributed by atoms with Crippen LogP contribution in [0.4, 0.5) is 5.69 Å². The van der Waals surface area contributed by atoms with Crippen LogP contribution in [0.5, 0.6) is 0 Å². The fourth-order valence-corrected chi connectivity index (χ4v) is 3.91. The van der Waals surface area contributed by atoms with Crippen LogP contribution in [0, 0.1) is 19.8 Å². The molecule has 2 N–H and O–H groups in total. The maximum Gasteiger partial charge on any atom is 0.271 e. The zero-order valence-electron chi connectivity index (χ0n) is 17.2. The number of carbonyl (C=O) groups excluding carboxylic acids is 2. The molecule has 2 amide bonds. The van der Waals surface area contributed by atoms with Crippen LogP contribution in [0.2, 0.25) is 0 Å². The molecule has 0 radical (unpaired) electrons. The number of pyridine rings is 1. The predicted molar refractivity (Wildman–Crippen MR) is 115 cm³/mol. The van der Waals surface area contributed by atoms with Gasteiger partial charge in [-0.15, -0.1) is 0 Å². The smallest absolute Gasteiger partial charge is 0.271 e. The zero-order chi connectivity index (χ0) is 21.1. The Balaban J connectivity index is 1.42. The number of likely N-dealkylation sites (tertiary alicyclic amines) is 1. The van der Waals surface area contributed by atoms with Crippen LogP contribution in [-0.2, 0) is 4.79 Å². The molecule has 0 spiro atoms. The lowest BCUT2D eigenvalue weighted by molar-refractivity contribution is -0.121. The van der Waals surface area contributed by atoms with Gasteiger partial charge in [-0.2, -0.15) is 5.10 Å². The molecule has 2 aromatic heterocycles. The zero-order valence-corrected chi connectivity index (χ0v) is 17.2. The van der Waals surface area contributed by atoms with E-state index in [2.05, 4.69) is 26.6 Å². The van der Waals surface area contributed by atoms with Gasteiger partial charge in [0, 0.05) is 25.0 Å². The minimum Gasteiger partial charge on any atom is -0.337 e. The molecule has 1 aliphatic rings. The normalized spacial score (nSPS) is 16.3. The average Bonchev–Trinajstić information content (AvgIpc) is 3.23. The van der Waals surface area contributed by atoms with Gasteiger partial charge in [0.25, 0.3) is 5.91 Å². The molecule has 154 valence electrons. The maximum atomic E-state index is 13.0. The molecule has 4 rings (SSSR count). The Kier molecular flexibility index (Phi) is 5.61. The first kappa shape index (κ1) is 19.8. The molecule has 7 nitrogen and oxygen atoms in total. The van der Waals surface area contributed by atoms with Crippen molar-refractivity contribution < 1.29 is 9.59 Å². The van der Waals surface area contributed by atoms with Crippen molar-refractivity contribution in [2.75, 3.05) is 18.4 Å². The van der Waals surface area contributed by atoms with Gasteiger partial charge in [0.05, 0.1) is 11.6 Å². The standard InChI is InChI=1S/C23H25N5O2/c1-15-10-16(2)12-18(11-15)25-22(29)17-6-5-9-28(14-17)23(30)21-13-20(26-27-21)19-7-3-4-8-24-19/h3-4,7-8,10-13,17H,5-6,9,14H2,1-2H3,(H,25,29)(H,26,27)/t17-/m0/s1. The maximum absolute atomic E-state index is 13.0. The minimum absolute atomic E-state index is 0.0451. The second-order valence-electron chi connectivity index (χ2n) is 7.84. The van der Waals surface area contributed by atoms with E-state index >= 15 is 0 Å². The molecule has 1 fully saturated rings. The Hall–Kier alpha value is -3.48. The van der Waals surface area contributed by atoms with Gasteiger partial charge in [-0.3, -0.25) is 19.7 Å². The van der Waals surface area contributed by atoms with Crippen LogP contribution in [0.1, 0.15) is 34.5 Å². The number of nitrogens with zero attached hydrogens (tertiary/aromatic N) is 3. The van der Waals surface area contributed by atoms with Gasteiger partial charge in [-0.05, 0) is 68.1 Å². The monoisotopic (exact) mass is 403 g/mol. The molecular formula is C23H25N5O2. The van der Waals surface area contributed by atoms with Crippen LogP contribution in [0.15, 0.2) is 48.7 Å². The first-order valence-electron chi connectivity index (χ1n) is 10.1. The number of aryl methyl sites for hydroxylation is 2. The van der Waals surface area contributed by atoms with E-state index in [4.69, 9.17) is 0 Å². The molecule has 7 heteroatoms. The number of benzene rings is 1. The Morgan fingerprint density at radius 2 is 1.90 bits per heavy atom. The van der Waals surface area contributed by atoms with Crippen molar-refractivity contribution in [2.24, 2.45) is 5.92 Å². The van der Waals surface area contributed by atoms with Crippen molar-refractivity contribution in [1.29, 1.82) is 0 Å². The number of carbonyl (C=O) groups is 2. The van der Waals surface area contributed by atoms with Gasteiger partial charge in [-0.1, -0.05) is 12.1 Å². The summed E-state index contributed by atoms with van der Waals surface area (Å²) in [6.07, 6.45) is 3.25. The second-order valence-corrected chi connectivity index (χ2v) is 7.84. The third-order valence-corrected chi connectivity index (χ3v) is 5.30. The molecule has 3 heterocycles. The summed E-state index contributed by atoms with van der Waals surface area (Å²) in [6, 6.07) is 13.3. The number of rotatable bonds is 4. The van der Waals surface area contributed by atoms with E-state index in [0.29, 0.717) is 30.2 Å². The number of amides is 2. The van der Waals surface area contributed by atoms with E-state index in [-0.39, 0.29) is 17.7 Å². The number of anilines is 1. The topological polar surface area (TPSA) is 91.0 Å². The van der Waals surface area contributed by atoms with Crippen molar-refractivity contribution in [3.63, 3.8) is 0 Å². The number of nitrogens with one attached hydrogen (secondary N) is 2. The largest absolute Gasteiger partial charge is 0.337 e. The van der Waals surface area contributed by atoms with Crippen molar-refractivity contribution in [3.05, 3.63) is 65.5 Å². The van der Waals surface area contributed by atoms with E-state index in [1.165, 1.54) is 0 Å². The number of hydrogen-bond donors (Lipinski definition) is 2. The number of aromatic amines is 1. The number of aromatic nitrogens is 3. The molecule has 1 atom stereocenters. The van der Waals surface area contributed by atoms with Crippen LogP contribution < -0.4 is 5.32 Å². The van der Waals surface area contributed by atoms with E-state index in [1.807, 2.05) is 44.2 Å². The lowest BCUT2D eigenvalue weighted by Crippen LogP contribution is -2.43. The first-order valence-corrected chi connectivity index (χ1v) is 10.1. The number of H-pyrrole nitrogens is 1. The summed E-state index contributed by atoms with van der Waals surface area (Å²) in [5.41, 5.74) is 4.75. The van der Waals surface area contributed by atoms with Gasteiger partial charge < -0.3 is 10.2 Å². The van der Waals surface area contributed by atoms with Crippen LogP contribution in [0.25, 0.3) is 11.4 Å². The molecule has 0 aliphatic carbocycles. The van der Waals surface area contributed by atoms with Crippen LogP contribution in [0.3, 0.4) is 0 Å². The Morgan fingerprint density at radius 1 is 1.10 bits per heavy atom. The van der Waals surface area contributed by atoms with E-state index in [9.17, 15) is 9.59 Å². The number of hydrogen-bond acceptors (Lipinski definition) is 4. The fourth-order valence-electron chi connectivity index (χ4n) is 3.91. The van der Waals surface area contributed by atoms with Gasteiger partial charge in [0.1, 0.15) is 11.4 Å². The molecule has 1 saturated heterocycles. The second kappa shape index (κ2) is 8.49. The molecule has 1 aliphatic heterocycles. The van der Waals surface area contributed by atoms with E-state index < -0.39 is 0 Å². The molecule has 0 saturated carbocycles. The summed E-state index contributed by atoms with van der Waals surface area (Å²) in [5.74, 6) is -0.424.